The Kier molecular flexibility index (Phi) is 4.49. The molecule has 106 valence electrons. The third kappa shape index (κ3) is 2.64. The molecule has 0 radical (unpaired) electrons. The third-order valence-electron chi connectivity index (χ3n) is 4.58. The molecule has 3 N–H and O–H groups in total. The van der Waals surface area contributed by atoms with Crippen LogP contribution >= 0.6 is 11.6 Å². The van der Waals surface area contributed by atoms with Crippen LogP contribution in [0.5, 0.6) is 0 Å². The van der Waals surface area contributed by atoms with Crippen LogP contribution in [0.4, 0.5) is 4.39 Å². The van der Waals surface area contributed by atoms with Gasteiger partial charge in [-0.3, -0.25) is 0 Å². The molecule has 0 saturated heterocycles. The molecular formula is C15H21ClFNO. The van der Waals surface area contributed by atoms with E-state index in [1.54, 1.807) is 12.1 Å². The molecule has 0 aromatic heterocycles. The first-order valence-corrected chi connectivity index (χ1v) is 7.24. The molecule has 1 aromatic rings. The van der Waals surface area contributed by atoms with Crippen LogP contribution in [-0.4, -0.2) is 11.7 Å². The molecule has 1 saturated carbocycles. The predicted octanol–water partition coefficient (Wildman–Crippen LogP) is 3.67. The minimum atomic E-state index is -0.928. The second-order valence-electron chi connectivity index (χ2n) is 5.62. The molecule has 1 aromatic carbocycles. The van der Waals surface area contributed by atoms with Crippen LogP contribution in [0, 0.1) is 17.2 Å². The molecule has 19 heavy (non-hydrogen) atoms. The molecule has 0 amide bonds. The van der Waals surface area contributed by atoms with E-state index >= 15 is 0 Å². The van der Waals surface area contributed by atoms with Gasteiger partial charge in [-0.15, -0.1) is 0 Å². The Hall–Kier alpha value is -0.640. The Morgan fingerprint density at radius 1 is 1.58 bits per heavy atom. The van der Waals surface area contributed by atoms with Gasteiger partial charge in [0, 0.05) is 22.5 Å². The summed E-state index contributed by atoms with van der Waals surface area (Å²) < 4.78 is 14.0. The summed E-state index contributed by atoms with van der Waals surface area (Å²) in [6, 6.07) is 4.49. The summed E-state index contributed by atoms with van der Waals surface area (Å²) >= 11 is 6.05. The monoisotopic (exact) mass is 285 g/mol. The molecule has 0 heterocycles. The van der Waals surface area contributed by atoms with Crippen molar-refractivity contribution in [3.63, 3.8) is 0 Å². The van der Waals surface area contributed by atoms with Crippen molar-refractivity contribution in [3.05, 3.63) is 34.6 Å². The lowest BCUT2D eigenvalue weighted by molar-refractivity contribution is 0.0275. The maximum atomic E-state index is 14.0. The lowest BCUT2D eigenvalue weighted by Gasteiger charge is -2.34. The van der Waals surface area contributed by atoms with Crippen LogP contribution in [0.2, 0.25) is 5.02 Å². The number of hydrogen-bond acceptors (Lipinski definition) is 2. The molecule has 0 spiro atoms. The molecule has 3 unspecified atom stereocenters. The van der Waals surface area contributed by atoms with Gasteiger partial charge in [-0.25, -0.2) is 4.39 Å². The zero-order valence-electron chi connectivity index (χ0n) is 11.2. The minimum absolute atomic E-state index is 0.200. The van der Waals surface area contributed by atoms with Gasteiger partial charge in [-0.05, 0) is 37.3 Å². The molecular weight excluding hydrogens is 265 g/mol. The number of halogens is 2. The second-order valence-corrected chi connectivity index (χ2v) is 6.03. The predicted molar refractivity (Wildman–Crippen MR) is 75.5 cm³/mol. The molecule has 0 aliphatic heterocycles. The summed E-state index contributed by atoms with van der Waals surface area (Å²) in [5, 5.41) is 10.9. The fourth-order valence-corrected chi connectivity index (χ4v) is 3.51. The van der Waals surface area contributed by atoms with E-state index in [0.717, 1.165) is 25.7 Å². The first kappa shape index (κ1) is 14.8. The van der Waals surface area contributed by atoms with Crippen molar-refractivity contribution >= 4 is 11.6 Å². The Labute approximate surface area is 118 Å². The van der Waals surface area contributed by atoms with Gasteiger partial charge in [0.1, 0.15) is 5.82 Å². The van der Waals surface area contributed by atoms with Crippen molar-refractivity contribution in [1.82, 2.24) is 0 Å². The van der Waals surface area contributed by atoms with Crippen LogP contribution < -0.4 is 5.73 Å². The maximum absolute atomic E-state index is 14.0. The number of benzene rings is 1. The fraction of sp³-hybridized carbons (Fsp3) is 0.600. The summed E-state index contributed by atoms with van der Waals surface area (Å²) in [4.78, 5) is 0. The van der Waals surface area contributed by atoms with Gasteiger partial charge in [-0.1, -0.05) is 31.0 Å². The molecule has 1 aliphatic rings. The van der Waals surface area contributed by atoms with Gasteiger partial charge < -0.3 is 10.8 Å². The highest BCUT2D eigenvalue weighted by Crippen LogP contribution is 2.51. The van der Waals surface area contributed by atoms with Gasteiger partial charge in [-0.2, -0.15) is 0 Å². The number of nitrogens with two attached hydrogens (primary N) is 1. The van der Waals surface area contributed by atoms with Crippen molar-refractivity contribution in [2.45, 2.75) is 38.7 Å². The average molecular weight is 286 g/mol. The quantitative estimate of drug-likeness (QED) is 0.887. The summed E-state index contributed by atoms with van der Waals surface area (Å²) in [5.41, 5.74) is 5.66. The Balaban J connectivity index is 2.34. The molecule has 4 heteroatoms. The highest BCUT2D eigenvalue weighted by molar-refractivity contribution is 6.31. The smallest absolute Gasteiger partial charge is 0.130 e. The van der Waals surface area contributed by atoms with E-state index in [1.807, 2.05) is 0 Å². The Morgan fingerprint density at radius 2 is 2.32 bits per heavy atom. The molecule has 1 aliphatic carbocycles. The normalized spacial score (nSPS) is 28.6. The largest absolute Gasteiger partial charge is 0.388 e. The van der Waals surface area contributed by atoms with Crippen molar-refractivity contribution in [2.24, 2.45) is 17.1 Å². The summed E-state index contributed by atoms with van der Waals surface area (Å²) in [5.74, 6) is 0.108. The lowest BCUT2D eigenvalue weighted by Crippen LogP contribution is -2.35. The van der Waals surface area contributed by atoms with Gasteiger partial charge in [0.15, 0.2) is 0 Å². The first-order chi connectivity index (χ1) is 9.04. The first-order valence-electron chi connectivity index (χ1n) is 6.86. The maximum Gasteiger partial charge on any atom is 0.130 e. The van der Waals surface area contributed by atoms with E-state index in [4.69, 9.17) is 17.3 Å². The highest BCUT2D eigenvalue weighted by atomic mass is 35.5. The van der Waals surface area contributed by atoms with Crippen LogP contribution in [0.25, 0.3) is 0 Å². The van der Waals surface area contributed by atoms with Crippen molar-refractivity contribution in [3.8, 4) is 0 Å². The molecule has 1 fully saturated rings. The van der Waals surface area contributed by atoms with Crippen LogP contribution in [0.15, 0.2) is 18.2 Å². The van der Waals surface area contributed by atoms with E-state index < -0.39 is 17.3 Å². The lowest BCUT2D eigenvalue weighted by atomic mass is 9.76. The van der Waals surface area contributed by atoms with Crippen LogP contribution in [-0.2, 0) is 0 Å². The number of aliphatic hydroxyl groups excluding tert-OH is 1. The Morgan fingerprint density at radius 3 is 2.84 bits per heavy atom. The number of rotatable bonds is 4. The average Bonchev–Trinajstić information content (AvgIpc) is 2.83. The van der Waals surface area contributed by atoms with Crippen LogP contribution in [0.1, 0.15) is 44.3 Å². The summed E-state index contributed by atoms with van der Waals surface area (Å²) in [6.07, 6.45) is 2.85. The Bertz CT molecular complexity index is 434. The number of hydrogen-bond donors (Lipinski definition) is 2. The fourth-order valence-electron chi connectivity index (χ4n) is 3.24. The zero-order chi connectivity index (χ0) is 14.0. The van der Waals surface area contributed by atoms with E-state index in [2.05, 4.69) is 6.92 Å². The van der Waals surface area contributed by atoms with Crippen molar-refractivity contribution in [1.29, 1.82) is 0 Å². The van der Waals surface area contributed by atoms with E-state index in [0.29, 0.717) is 12.5 Å². The van der Waals surface area contributed by atoms with Crippen LogP contribution in [0.3, 0.4) is 0 Å². The second kappa shape index (κ2) is 5.78. The van der Waals surface area contributed by atoms with Gasteiger partial charge >= 0.3 is 0 Å². The van der Waals surface area contributed by atoms with Crippen molar-refractivity contribution in [2.75, 3.05) is 6.54 Å². The minimum Gasteiger partial charge on any atom is -0.388 e. The van der Waals surface area contributed by atoms with E-state index in [9.17, 15) is 9.50 Å². The topological polar surface area (TPSA) is 46.2 Å². The van der Waals surface area contributed by atoms with E-state index in [-0.39, 0.29) is 10.6 Å². The highest BCUT2D eigenvalue weighted by Gasteiger charge is 2.45. The standard InChI is InChI=1S/C15H21ClFNO/c1-2-10-6-7-15(8-10,9-18)14(19)13-11(16)4-3-5-12(13)17/h3-5,10,14,19H,2,6-9,18H2,1H3. The zero-order valence-corrected chi connectivity index (χ0v) is 12.0. The molecule has 0 bridgehead atoms. The molecule has 2 nitrogen and oxygen atoms in total. The molecule has 2 rings (SSSR count). The SMILES string of the molecule is CCC1CCC(CN)(C(O)c2c(F)cccc2Cl)C1. The van der Waals surface area contributed by atoms with Crippen molar-refractivity contribution < 1.29 is 9.50 Å². The van der Waals surface area contributed by atoms with Gasteiger partial charge in [0.25, 0.3) is 0 Å². The van der Waals surface area contributed by atoms with Gasteiger partial charge in [0.2, 0.25) is 0 Å². The van der Waals surface area contributed by atoms with E-state index in [1.165, 1.54) is 6.07 Å². The number of aliphatic hydroxyl groups is 1. The summed E-state index contributed by atoms with van der Waals surface area (Å²) in [6.45, 7) is 2.50. The summed E-state index contributed by atoms with van der Waals surface area (Å²) in [7, 11) is 0. The third-order valence-corrected chi connectivity index (χ3v) is 4.91. The molecule has 3 atom stereocenters. The van der Waals surface area contributed by atoms with Gasteiger partial charge in [0.05, 0.1) is 6.10 Å².